The standard InChI is InChI=1S/C17H28N4O.HI/c1-13-8-14(2)10-16(9-13)20-17(18)19-11-15(3)12-21-4-6-22-7-5-21;/h8-10,15H,4-7,11-12H2,1-3H3,(H3,18,19,20);1H. The number of hydrogen-bond donors (Lipinski definition) is 2. The molecule has 1 heterocycles. The molecule has 0 saturated carbocycles. The van der Waals surface area contributed by atoms with Crippen molar-refractivity contribution in [2.75, 3.05) is 44.7 Å². The maximum atomic E-state index is 5.99. The highest BCUT2D eigenvalue weighted by Gasteiger charge is 2.13. The number of nitrogens with two attached hydrogens (primary N) is 1. The van der Waals surface area contributed by atoms with Crippen LogP contribution in [0.15, 0.2) is 23.2 Å². The number of hydrogen-bond acceptors (Lipinski definition) is 3. The molecule has 1 saturated heterocycles. The second-order valence-corrected chi connectivity index (χ2v) is 6.25. The fourth-order valence-corrected chi connectivity index (χ4v) is 2.77. The maximum Gasteiger partial charge on any atom is 0.193 e. The van der Waals surface area contributed by atoms with Crippen molar-refractivity contribution >= 4 is 35.6 Å². The first-order valence-electron chi connectivity index (χ1n) is 7.98. The fraction of sp³-hybridized carbons (Fsp3) is 0.588. The van der Waals surface area contributed by atoms with Crippen molar-refractivity contribution in [3.63, 3.8) is 0 Å². The van der Waals surface area contributed by atoms with Gasteiger partial charge in [-0.05, 0) is 43.0 Å². The van der Waals surface area contributed by atoms with Crippen molar-refractivity contribution in [3.05, 3.63) is 29.3 Å². The number of ether oxygens (including phenoxy) is 1. The van der Waals surface area contributed by atoms with E-state index in [1.807, 2.05) is 0 Å². The monoisotopic (exact) mass is 432 g/mol. The van der Waals surface area contributed by atoms with E-state index in [9.17, 15) is 0 Å². The second-order valence-electron chi connectivity index (χ2n) is 6.25. The topological polar surface area (TPSA) is 62.9 Å². The van der Waals surface area contributed by atoms with Crippen LogP contribution in [-0.2, 0) is 4.74 Å². The van der Waals surface area contributed by atoms with Crippen LogP contribution in [0.4, 0.5) is 5.69 Å². The molecule has 5 nitrogen and oxygen atoms in total. The molecular weight excluding hydrogens is 403 g/mol. The van der Waals surface area contributed by atoms with Gasteiger partial charge in [0.2, 0.25) is 0 Å². The molecular formula is C17H29IN4O. The van der Waals surface area contributed by atoms with E-state index in [0.717, 1.165) is 45.1 Å². The van der Waals surface area contributed by atoms with Crippen molar-refractivity contribution in [3.8, 4) is 0 Å². The van der Waals surface area contributed by atoms with Gasteiger partial charge in [0.15, 0.2) is 5.96 Å². The summed E-state index contributed by atoms with van der Waals surface area (Å²) >= 11 is 0. The zero-order valence-corrected chi connectivity index (χ0v) is 16.7. The van der Waals surface area contributed by atoms with E-state index in [0.29, 0.717) is 11.9 Å². The van der Waals surface area contributed by atoms with Crippen LogP contribution in [0, 0.1) is 19.8 Å². The van der Waals surface area contributed by atoms with Gasteiger partial charge in [0.1, 0.15) is 0 Å². The number of aryl methyl sites for hydroxylation is 2. The van der Waals surface area contributed by atoms with E-state index in [1.54, 1.807) is 0 Å². The largest absolute Gasteiger partial charge is 0.379 e. The third kappa shape index (κ3) is 7.50. The van der Waals surface area contributed by atoms with Crippen LogP contribution < -0.4 is 11.1 Å². The van der Waals surface area contributed by atoms with Crippen molar-refractivity contribution in [2.24, 2.45) is 16.6 Å². The van der Waals surface area contributed by atoms with Gasteiger partial charge in [0.25, 0.3) is 0 Å². The number of benzene rings is 1. The number of morpholine rings is 1. The Morgan fingerprint density at radius 1 is 1.26 bits per heavy atom. The molecule has 2 rings (SSSR count). The zero-order valence-electron chi connectivity index (χ0n) is 14.3. The highest BCUT2D eigenvalue weighted by molar-refractivity contribution is 14.0. The highest BCUT2D eigenvalue weighted by Crippen LogP contribution is 2.13. The van der Waals surface area contributed by atoms with Gasteiger partial charge in [-0.1, -0.05) is 13.0 Å². The van der Waals surface area contributed by atoms with Crippen molar-refractivity contribution in [2.45, 2.75) is 20.8 Å². The van der Waals surface area contributed by atoms with Crippen LogP contribution in [-0.4, -0.2) is 50.3 Å². The van der Waals surface area contributed by atoms with Gasteiger partial charge in [0.05, 0.1) is 13.2 Å². The van der Waals surface area contributed by atoms with Crippen molar-refractivity contribution in [1.82, 2.24) is 4.90 Å². The van der Waals surface area contributed by atoms with Gasteiger partial charge in [-0.15, -0.1) is 24.0 Å². The predicted octanol–water partition coefficient (Wildman–Crippen LogP) is 2.62. The summed E-state index contributed by atoms with van der Waals surface area (Å²) in [5.41, 5.74) is 9.43. The first-order valence-corrected chi connectivity index (χ1v) is 7.98. The van der Waals surface area contributed by atoms with E-state index in [-0.39, 0.29) is 24.0 Å². The van der Waals surface area contributed by atoms with Crippen LogP contribution in [0.3, 0.4) is 0 Å². The van der Waals surface area contributed by atoms with E-state index < -0.39 is 0 Å². The Kier molecular flexibility index (Phi) is 8.86. The minimum absolute atomic E-state index is 0. The van der Waals surface area contributed by atoms with Crippen LogP contribution in [0.5, 0.6) is 0 Å². The minimum Gasteiger partial charge on any atom is -0.379 e. The molecule has 1 fully saturated rings. The average Bonchev–Trinajstić information content (AvgIpc) is 2.45. The van der Waals surface area contributed by atoms with Crippen molar-refractivity contribution < 1.29 is 4.74 Å². The molecule has 130 valence electrons. The first kappa shape index (κ1) is 20.2. The number of anilines is 1. The molecule has 1 aromatic carbocycles. The SMILES string of the molecule is Cc1cc(C)cc(NC(N)=NCC(C)CN2CCOCC2)c1.I. The lowest BCUT2D eigenvalue weighted by molar-refractivity contribution is 0.0323. The lowest BCUT2D eigenvalue weighted by Gasteiger charge is -2.28. The Balaban J connectivity index is 0.00000264. The number of aliphatic imine (C=N–C) groups is 1. The highest BCUT2D eigenvalue weighted by atomic mass is 127. The zero-order chi connectivity index (χ0) is 15.9. The molecule has 0 radical (unpaired) electrons. The molecule has 0 aliphatic carbocycles. The number of nitrogens with zero attached hydrogens (tertiary/aromatic N) is 2. The molecule has 1 aromatic rings. The Morgan fingerprint density at radius 2 is 1.87 bits per heavy atom. The van der Waals surface area contributed by atoms with Gasteiger partial charge >= 0.3 is 0 Å². The summed E-state index contributed by atoms with van der Waals surface area (Å²) in [5, 5.41) is 3.18. The maximum absolute atomic E-state index is 5.99. The molecule has 0 amide bonds. The summed E-state index contributed by atoms with van der Waals surface area (Å²) < 4.78 is 5.37. The molecule has 0 spiro atoms. The molecule has 0 bridgehead atoms. The first-order chi connectivity index (χ1) is 10.5. The van der Waals surface area contributed by atoms with Crippen LogP contribution in [0.2, 0.25) is 0 Å². The van der Waals surface area contributed by atoms with Gasteiger partial charge in [0, 0.05) is 31.9 Å². The van der Waals surface area contributed by atoms with Gasteiger partial charge < -0.3 is 15.8 Å². The van der Waals surface area contributed by atoms with Crippen LogP contribution in [0.1, 0.15) is 18.1 Å². The van der Waals surface area contributed by atoms with Crippen LogP contribution in [0.25, 0.3) is 0 Å². The predicted molar refractivity (Wildman–Crippen MR) is 108 cm³/mol. The summed E-state index contributed by atoms with van der Waals surface area (Å²) in [4.78, 5) is 6.90. The molecule has 1 aliphatic heterocycles. The number of nitrogens with one attached hydrogen (secondary N) is 1. The van der Waals surface area contributed by atoms with Crippen molar-refractivity contribution in [1.29, 1.82) is 0 Å². The smallest absolute Gasteiger partial charge is 0.193 e. The van der Waals surface area contributed by atoms with Gasteiger partial charge in [-0.3, -0.25) is 9.89 Å². The quantitative estimate of drug-likeness (QED) is 0.427. The number of rotatable bonds is 5. The van der Waals surface area contributed by atoms with E-state index in [4.69, 9.17) is 10.5 Å². The third-order valence-electron chi connectivity index (χ3n) is 3.74. The molecule has 0 aromatic heterocycles. The molecule has 1 unspecified atom stereocenters. The van der Waals surface area contributed by atoms with Gasteiger partial charge in [-0.2, -0.15) is 0 Å². The van der Waals surface area contributed by atoms with Crippen LogP contribution >= 0.6 is 24.0 Å². The van der Waals surface area contributed by atoms with E-state index in [2.05, 4.69) is 54.2 Å². The van der Waals surface area contributed by atoms with Gasteiger partial charge in [-0.25, -0.2) is 0 Å². The summed E-state index contributed by atoms with van der Waals surface area (Å²) in [6.07, 6.45) is 0. The molecule has 23 heavy (non-hydrogen) atoms. The lowest BCUT2D eigenvalue weighted by atomic mass is 10.1. The Morgan fingerprint density at radius 3 is 2.48 bits per heavy atom. The summed E-state index contributed by atoms with van der Waals surface area (Å²) in [6, 6.07) is 6.29. The molecule has 1 atom stereocenters. The third-order valence-corrected chi connectivity index (χ3v) is 3.74. The Hall–Kier alpha value is -0.860. The fourth-order valence-electron chi connectivity index (χ4n) is 2.77. The second kappa shape index (κ2) is 10.1. The Bertz CT molecular complexity index is 495. The van der Waals surface area contributed by atoms with E-state index >= 15 is 0 Å². The summed E-state index contributed by atoms with van der Waals surface area (Å²) in [6.45, 7) is 11.9. The molecule has 3 N–H and O–H groups in total. The lowest BCUT2D eigenvalue weighted by Crippen LogP contribution is -2.39. The summed E-state index contributed by atoms with van der Waals surface area (Å²) in [7, 11) is 0. The molecule has 1 aliphatic rings. The summed E-state index contributed by atoms with van der Waals surface area (Å²) in [5.74, 6) is 0.969. The Labute approximate surface area is 156 Å². The van der Waals surface area contributed by atoms with E-state index in [1.165, 1.54) is 11.1 Å². The average molecular weight is 432 g/mol. The molecule has 6 heteroatoms. The normalized spacial score (nSPS) is 17.4. The minimum atomic E-state index is 0. The number of halogens is 1. The number of guanidine groups is 1.